The molecule has 0 saturated carbocycles. The Labute approximate surface area is 99.8 Å². The molecule has 1 aromatic rings. The van der Waals surface area contributed by atoms with E-state index >= 15 is 0 Å². The van der Waals surface area contributed by atoms with Gasteiger partial charge in [0.15, 0.2) is 0 Å². The average Bonchev–Trinajstić information content (AvgIpc) is 2.13. The minimum absolute atomic E-state index is 0.502. The lowest BCUT2D eigenvalue weighted by atomic mass is 10.1. The molecule has 0 spiro atoms. The Morgan fingerprint density at radius 2 is 1.89 bits per heavy atom. The Bertz CT molecular complexity index is 482. The van der Waals surface area contributed by atoms with Gasteiger partial charge in [0.25, 0.3) is 0 Å². The molecule has 18 heavy (non-hydrogen) atoms. The molecule has 0 saturated heterocycles. The molecule has 0 fully saturated rings. The number of ketones is 1. The Morgan fingerprint density at radius 3 is 2.39 bits per heavy atom. The predicted octanol–water partition coefficient (Wildman–Crippen LogP) is 2.76. The minimum atomic E-state index is -4.93. The zero-order chi connectivity index (χ0) is 13.9. The van der Waals surface area contributed by atoms with Crippen molar-refractivity contribution in [3.05, 3.63) is 29.6 Å². The van der Waals surface area contributed by atoms with Crippen LogP contribution >= 0.6 is 0 Å². The predicted molar refractivity (Wildman–Crippen MR) is 55.3 cm³/mol. The lowest BCUT2D eigenvalue weighted by Crippen LogP contribution is -2.19. The fraction of sp³-hybridized carbons (Fsp3) is 0.273. The van der Waals surface area contributed by atoms with Crippen molar-refractivity contribution < 1.29 is 27.2 Å². The standard InChI is InChI=1S/C11H9F4NO2/c1-6(17)5-9(18)16-8-4-2-3-7(12)10(8)11(13,14)15/h2-4H,5H2,1H3,(H,16,18). The number of halogens is 4. The monoisotopic (exact) mass is 263 g/mol. The molecule has 0 aliphatic carbocycles. The molecule has 0 aliphatic rings. The second kappa shape index (κ2) is 5.16. The van der Waals surface area contributed by atoms with Crippen LogP contribution in [0.2, 0.25) is 0 Å². The van der Waals surface area contributed by atoms with Gasteiger partial charge in [-0.15, -0.1) is 0 Å². The first-order valence-electron chi connectivity index (χ1n) is 4.87. The Hall–Kier alpha value is -1.92. The van der Waals surface area contributed by atoms with Crippen LogP contribution < -0.4 is 5.32 Å². The van der Waals surface area contributed by atoms with Crippen molar-refractivity contribution in [1.82, 2.24) is 0 Å². The summed E-state index contributed by atoms with van der Waals surface area (Å²) < 4.78 is 50.8. The molecular weight excluding hydrogens is 254 g/mol. The molecule has 1 N–H and O–H groups in total. The zero-order valence-corrected chi connectivity index (χ0v) is 9.27. The van der Waals surface area contributed by atoms with Gasteiger partial charge in [-0.05, 0) is 19.1 Å². The Balaban J connectivity index is 3.06. The number of alkyl halides is 3. The first kappa shape index (κ1) is 14.1. The third-order valence-electron chi connectivity index (χ3n) is 1.98. The van der Waals surface area contributed by atoms with Gasteiger partial charge in [-0.2, -0.15) is 13.2 Å². The van der Waals surface area contributed by atoms with Crippen LogP contribution in [0.5, 0.6) is 0 Å². The van der Waals surface area contributed by atoms with Crippen LogP contribution in [0.25, 0.3) is 0 Å². The van der Waals surface area contributed by atoms with E-state index < -0.39 is 41.4 Å². The van der Waals surface area contributed by atoms with E-state index in [0.717, 1.165) is 19.1 Å². The van der Waals surface area contributed by atoms with E-state index in [2.05, 4.69) is 0 Å². The molecule has 0 unspecified atom stereocenters. The minimum Gasteiger partial charge on any atom is -0.325 e. The smallest absolute Gasteiger partial charge is 0.325 e. The van der Waals surface area contributed by atoms with Gasteiger partial charge in [0, 0.05) is 0 Å². The average molecular weight is 263 g/mol. The number of hydrogen-bond donors (Lipinski definition) is 1. The lowest BCUT2D eigenvalue weighted by Gasteiger charge is -2.14. The highest BCUT2D eigenvalue weighted by atomic mass is 19.4. The van der Waals surface area contributed by atoms with Crippen molar-refractivity contribution in [1.29, 1.82) is 0 Å². The van der Waals surface area contributed by atoms with E-state index in [-0.39, 0.29) is 0 Å². The van der Waals surface area contributed by atoms with Crippen LogP contribution in [0, 0.1) is 5.82 Å². The third kappa shape index (κ3) is 3.54. The third-order valence-corrected chi connectivity index (χ3v) is 1.98. The van der Waals surface area contributed by atoms with Crippen molar-refractivity contribution in [2.75, 3.05) is 5.32 Å². The van der Waals surface area contributed by atoms with Crippen LogP contribution in [0.4, 0.5) is 23.2 Å². The summed E-state index contributed by atoms with van der Waals surface area (Å²) in [4.78, 5) is 21.8. The molecule has 0 bridgehead atoms. The van der Waals surface area contributed by atoms with Crippen LogP contribution in [0.1, 0.15) is 18.9 Å². The van der Waals surface area contributed by atoms with Gasteiger partial charge in [-0.25, -0.2) is 4.39 Å². The number of amides is 1. The molecule has 1 amide bonds. The molecule has 0 radical (unpaired) electrons. The molecule has 7 heteroatoms. The van der Waals surface area contributed by atoms with Gasteiger partial charge in [0.1, 0.15) is 17.2 Å². The maximum Gasteiger partial charge on any atom is 0.421 e. The molecule has 1 aromatic carbocycles. The zero-order valence-electron chi connectivity index (χ0n) is 9.27. The van der Waals surface area contributed by atoms with Crippen LogP contribution in [-0.2, 0) is 15.8 Å². The number of Topliss-reactive ketones (excluding diaryl/α,β-unsaturated/α-hetero) is 1. The van der Waals surface area contributed by atoms with Gasteiger partial charge in [0.2, 0.25) is 5.91 Å². The van der Waals surface area contributed by atoms with Crippen molar-refractivity contribution >= 4 is 17.4 Å². The number of rotatable bonds is 3. The van der Waals surface area contributed by atoms with E-state index in [9.17, 15) is 27.2 Å². The summed E-state index contributed by atoms with van der Waals surface area (Å²) in [6.07, 6.45) is -5.49. The van der Waals surface area contributed by atoms with Gasteiger partial charge in [0.05, 0.1) is 12.1 Å². The van der Waals surface area contributed by atoms with Crippen LogP contribution in [-0.4, -0.2) is 11.7 Å². The number of carbonyl (C=O) groups excluding carboxylic acids is 2. The van der Waals surface area contributed by atoms with Crippen molar-refractivity contribution in [3.8, 4) is 0 Å². The van der Waals surface area contributed by atoms with Crippen LogP contribution in [0.3, 0.4) is 0 Å². The molecule has 0 aromatic heterocycles. The fourth-order valence-corrected chi connectivity index (χ4v) is 1.34. The normalized spacial score (nSPS) is 11.2. The van der Waals surface area contributed by atoms with E-state index in [1.165, 1.54) is 0 Å². The quantitative estimate of drug-likeness (QED) is 0.673. The van der Waals surface area contributed by atoms with E-state index in [0.29, 0.717) is 6.07 Å². The summed E-state index contributed by atoms with van der Waals surface area (Å²) in [6, 6.07) is 2.60. The largest absolute Gasteiger partial charge is 0.421 e. The van der Waals surface area contributed by atoms with E-state index in [1.807, 2.05) is 5.32 Å². The van der Waals surface area contributed by atoms with Gasteiger partial charge >= 0.3 is 6.18 Å². The second-order valence-corrected chi connectivity index (χ2v) is 3.59. The Morgan fingerprint density at radius 1 is 1.28 bits per heavy atom. The molecular formula is C11H9F4NO2. The maximum absolute atomic E-state index is 13.1. The highest BCUT2D eigenvalue weighted by molar-refractivity contribution is 6.03. The highest BCUT2D eigenvalue weighted by Gasteiger charge is 2.37. The lowest BCUT2D eigenvalue weighted by molar-refractivity contribution is -0.139. The van der Waals surface area contributed by atoms with Crippen molar-refractivity contribution in [2.45, 2.75) is 19.5 Å². The van der Waals surface area contributed by atoms with Crippen LogP contribution in [0.15, 0.2) is 18.2 Å². The summed E-state index contributed by atoms with van der Waals surface area (Å²) in [5.74, 6) is -2.90. The summed E-state index contributed by atoms with van der Waals surface area (Å²) in [6.45, 7) is 1.12. The van der Waals surface area contributed by atoms with Gasteiger partial charge in [-0.3, -0.25) is 9.59 Å². The number of benzene rings is 1. The summed E-state index contributed by atoms with van der Waals surface area (Å²) in [5.41, 5.74) is -2.25. The molecule has 0 aliphatic heterocycles. The van der Waals surface area contributed by atoms with Gasteiger partial charge < -0.3 is 5.32 Å². The number of nitrogens with one attached hydrogen (secondary N) is 1. The first-order chi connectivity index (χ1) is 8.21. The molecule has 0 heterocycles. The maximum atomic E-state index is 13.1. The van der Waals surface area contributed by atoms with E-state index in [1.54, 1.807) is 0 Å². The molecule has 98 valence electrons. The number of carbonyl (C=O) groups is 2. The number of hydrogen-bond acceptors (Lipinski definition) is 2. The molecule has 0 atom stereocenters. The summed E-state index contributed by atoms with van der Waals surface area (Å²) in [7, 11) is 0. The summed E-state index contributed by atoms with van der Waals surface area (Å²) in [5, 5.41) is 1.87. The highest BCUT2D eigenvalue weighted by Crippen LogP contribution is 2.36. The topological polar surface area (TPSA) is 46.2 Å². The molecule has 1 rings (SSSR count). The second-order valence-electron chi connectivity index (χ2n) is 3.59. The number of anilines is 1. The SMILES string of the molecule is CC(=O)CC(=O)Nc1cccc(F)c1C(F)(F)F. The Kier molecular flexibility index (Phi) is 4.05. The molecule has 3 nitrogen and oxygen atoms in total. The van der Waals surface area contributed by atoms with Gasteiger partial charge in [-0.1, -0.05) is 6.07 Å². The first-order valence-corrected chi connectivity index (χ1v) is 4.87. The van der Waals surface area contributed by atoms with E-state index in [4.69, 9.17) is 0 Å². The van der Waals surface area contributed by atoms with Crippen molar-refractivity contribution in [3.63, 3.8) is 0 Å². The van der Waals surface area contributed by atoms with Crippen molar-refractivity contribution in [2.24, 2.45) is 0 Å². The fourth-order valence-electron chi connectivity index (χ4n) is 1.34. The summed E-state index contributed by atoms with van der Waals surface area (Å²) >= 11 is 0.